The predicted octanol–water partition coefficient (Wildman–Crippen LogP) is 2.90. The van der Waals surface area contributed by atoms with E-state index in [0.29, 0.717) is 17.4 Å². The van der Waals surface area contributed by atoms with E-state index in [1.165, 1.54) is 5.56 Å². The zero-order valence-electron chi connectivity index (χ0n) is 13.7. The Morgan fingerprint density at radius 2 is 1.95 bits per heavy atom. The molecule has 1 amide bonds. The number of carbonyl (C=O) groups excluding carboxylic acids is 1. The van der Waals surface area contributed by atoms with Crippen molar-refractivity contribution >= 4 is 11.7 Å². The minimum absolute atomic E-state index is 0.138. The van der Waals surface area contributed by atoms with Crippen LogP contribution in [0.25, 0.3) is 0 Å². The van der Waals surface area contributed by atoms with E-state index >= 15 is 0 Å². The molecule has 0 aliphatic rings. The predicted molar refractivity (Wildman–Crippen MR) is 88.8 cm³/mol. The van der Waals surface area contributed by atoms with Crippen LogP contribution in [0.3, 0.4) is 0 Å². The summed E-state index contributed by atoms with van der Waals surface area (Å²) in [6.07, 6.45) is 1.80. The fourth-order valence-corrected chi connectivity index (χ4v) is 2.33. The molecule has 1 heterocycles. The summed E-state index contributed by atoms with van der Waals surface area (Å²) in [5.74, 6) is 0.426. The van der Waals surface area contributed by atoms with Crippen molar-refractivity contribution in [1.82, 2.24) is 14.7 Å². The lowest BCUT2D eigenvalue weighted by Gasteiger charge is -2.24. The molecule has 0 aliphatic carbocycles. The summed E-state index contributed by atoms with van der Waals surface area (Å²) in [6, 6.07) is 10.0. The molecular weight excluding hydrogens is 276 g/mol. The van der Waals surface area contributed by atoms with Gasteiger partial charge < -0.3 is 5.32 Å². The number of carbonyl (C=O) groups is 1. The van der Waals surface area contributed by atoms with Crippen molar-refractivity contribution in [3.05, 3.63) is 47.7 Å². The zero-order valence-corrected chi connectivity index (χ0v) is 13.7. The molecule has 0 spiro atoms. The number of benzene rings is 1. The highest BCUT2D eigenvalue weighted by molar-refractivity contribution is 6.03. The molecule has 0 bridgehead atoms. The molecular formula is C17H24N4O. The molecule has 0 fully saturated rings. The third-order valence-corrected chi connectivity index (χ3v) is 3.69. The Morgan fingerprint density at radius 3 is 2.45 bits per heavy atom. The number of anilines is 1. The van der Waals surface area contributed by atoms with Gasteiger partial charge in [-0.2, -0.15) is 5.10 Å². The molecule has 22 heavy (non-hydrogen) atoms. The second-order valence-corrected chi connectivity index (χ2v) is 5.68. The van der Waals surface area contributed by atoms with Gasteiger partial charge >= 0.3 is 0 Å². The highest BCUT2D eigenvalue weighted by atomic mass is 16.1. The first kappa shape index (κ1) is 16.2. The molecule has 0 radical (unpaired) electrons. The van der Waals surface area contributed by atoms with E-state index in [-0.39, 0.29) is 5.91 Å². The van der Waals surface area contributed by atoms with E-state index in [1.54, 1.807) is 16.9 Å². The average Bonchev–Trinajstić information content (AvgIpc) is 2.90. The van der Waals surface area contributed by atoms with Crippen LogP contribution in [0.5, 0.6) is 0 Å². The van der Waals surface area contributed by atoms with Gasteiger partial charge in [0.05, 0.1) is 0 Å². The number of rotatable bonds is 6. The van der Waals surface area contributed by atoms with E-state index < -0.39 is 0 Å². The van der Waals surface area contributed by atoms with Crippen LogP contribution in [-0.4, -0.2) is 33.2 Å². The van der Waals surface area contributed by atoms with Gasteiger partial charge in [-0.05, 0) is 38.1 Å². The number of nitrogens with zero attached hydrogens (tertiary/aromatic N) is 3. The molecule has 1 aromatic heterocycles. The van der Waals surface area contributed by atoms with E-state index in [0.717, 1.165) is 13.1 Å². The number of hydrogen-bond acceptors (Lipinski definition) is 3. The van der Waals surface area contributed by atoms with E-state index in [4.69, 9.17) is 0 Å². The van der Waals surface area contributed by atoms with Gasteiger partial charge in [0.1, 0.15) is 0 Å². The summed E-state index contributed by atoms with van der Waals surface area (Å²) in [5, 5.41) is 6.93. The van der Waals surface area contributed by atoms with Gasteiger partial charge in [0, 0.05) is 37.5 Å². The first-order valence-electron chi connectivity index (χ1n) is 7.63. The normalized spacial score (nSPS) is 11.2. The SMILES string of the molecule is CCN(Cc1ccc(C(=O)Nc2ccn(C)n2)cc1)C(C)C. The first-order chi connectivity index (χ1) is 10.5. The third-order valence-electron chi connectivity index (χ3n) is 3.69. The molecule has 118 valence electrons. The van der Waals surface area contributed by atoms with Crippen LogP contribution in [-0.2, 0) is 13.6 Å². The van der Waals surface area contributed by atoms with Crippen molar-refractivity contribution in [2.24, 2.45) is 7.05 Å². The first-order valence-corrected chi connectivity index (χ1v) is 7.63. The summed E-state index contributed by atoms with van der Waals surface area (Å²) in [4.78, 5) is 14.5. The second kappa shape index (κ2) is 7.22. The Balaban J connectivity index is 2.00. The summed E-state index contributed by atoms with van der Waals surface area (Å²) in [5.41, 5.74) is 1.85. The lowest BCUT2D eigenvalue weighted by molar-refractivity contribution is 0.102. The number of nitrogens with one attached hydrogen (secondary N) is 1. The van der Waals surface area contributed by atoms with Crippen LogP contribution in [0.4, 0.5) is 5.82 Å². The Morgan fingerprint density at radius 1 is 1.27 bits per heavy atom. The van der Waals surface area contributed by atoms with Crippen molar-refractivity contribution in [3.63, 3.8) is 0 Å². The van der Waals surface area contributed by atoms with Crippen LogP contribution in [0.2, 0.25) is 0 Å². The monoisotopic (exact) mass is 300 g/mol. The summed E-state index contributed by atoms with van der Waals surface area (Å²) >= 11 is 0. The standard InChI is InChI=1S/C17H24N4O/c1-5-21(13(2)3)12-14-6-8-15(9-7-14)17(22)18-16-10-11-20(4)19-16/h6-11,13H,5,12H2,1-4H3,(H,18,19,22). The number of amides is 1. The van der Waals surface area contributed by atoms with Crippen molar-refractivity contribution in [1.29, 1.82) is 0 Å². The Labute approximate surface area is 131 Å². The molecule has 1 N–H and O–H groups in total. The lowest BCUT2D eigenvalue weighted by Crippen LogP contribution is -2.29. The molecule has 1 aromatic carbocycles. The molecule has 5 heteroatoms. The summed E-state index contributed by atoms with van der Waals surface area (Å²) in [6.45, 7) is 8.46. The molecule has 2 aromatic rings. The largest absolute Gasteiger partial charge is 0.305 e. The van der Waals surface area contributed by atoms with Gasteiger partial charge in [-0.15, -0.1) is 0 Å². The maximum atomic E-state index is 12.2. The van der Waals surface area contributed by atoms with Crippen LogP contribution >= 0.6 is 0 Å². The van der Waals surface area contributed by atoms with Crippen LogP contribution in [0.15, 0.2) is 36.5 Å². The molecule has 0 atom stereocenters. The smallest absolute Gasteiger partial charge is 0.256 e. The Hall–Kier alpha value is -2.14. The summed E-state index contributed by atoms with van der Waals surface area (Å²) in [7, 11) is 1.82. The fourth-order valence-electron chi connectivity index (χ4n) is 2.33. The van der Waals surface area contributed by atoms with Gasteiger partial charge in [0.15, 0.2) is 5.82 Å². The maximum Gasteiger partial charge on any atom is 0.256 e. The number of hydrogen-bond donors (Lipinski definition) is 1. The Bertz CT molecular complexity index is 616. The molecule has 2 rings (SSSR count). The molecule has 0 saturated carbocycles. The van der Waals surface area contributed by atoms with Gasteiger partial charge in [0.2, 0.25) is 0 Å². The topological polar surface area (TPSA) is 50.2 Å². The van der Waals surface area contributed by atoms with E-state index in [9.17, 15) is 4.79 Å². The van der Waals surface area contributed by atoms with Crippen LogP contribution in [0, 0.1) is 0 Å². The highest BCUT2D eigenvalue weighted by Crippen LogP contribution is 2.11. The Kier molecular flexibility index (Phi) is 5.33. The van der Waals surface area contributed by atoms with Gasteiger partial charge in [-0.25, -0.2) is 0 Å². The quantitative estimate of drug-likeness (QED) is 0.892. The van der Waals surface area contributed by atoms with Gasteiger partial charge in [-0.3, -0.25) is 14.4 Å². The second-order valence-electron chi connectivity index (χ2n) is 5.68. The van der Waals surface area contributed by atoms with Gasteiger partial charge in [-0.1, -0.05) is 19.1 Å². The molecule has 0 aliphatic heterocycles. The van der Waals surface area contributed by atoms with Crippen LogP contribution in [0.1, 0.15) is 36.7 Å². The van der Waals surface area contributed by atoms with Crippen molar-refractivity contribution in [2.45, 2.75) is 33.4 Å². The molecule has 0 unspecified atom stereocenters. The van der Waals surface area contributed by atoms with E-state index in [2.05, 4.69) is 36.1 Å². The van der Waals surface area contributed by atoms with E-state index in [1.807, 2.05) is 31.3 Å². The van der Waals surface area contributed by atoms with Gasteiger partial charge in [0.25, 0.3) is 5.91 Å². The van der Waals surface area contributed by atoms with Crippen molar-refractivity contribution in [3.8, 4) is 0 Å². The van der Waals surface area contributed by atoms with Crippen molar-refractivity contribution in [2.75, 3.05) is 11.9 Å². The minimum Gasteiger partial charge on any atom is -0.305 e. The number of aryl methyl sites for hydroxylation is 1. The minimum atomic E-state index is -0.138. The van der Waals surface area contributed by atoms with Crippen LogP contribution < -0.4 is 5.32 Å². The number of aromatic nitrogens is 2. The average molecular weight is 300 g/mol. The zero-order chi connectivity index (χ0) is 16.1. The molecule has 0 saturated heterocycles. The summed E-state index contributed by atoms with van der Waals surface area (Å²) < 4.78 is 1.66. The third kappa shape index (κ3) is 4.18. The fraction of sp³-hybridized carbons (Fsp3) is 0.412. The van der Waals surface area contributed by atoms with Crippen molar-refractivity contribution < 1.29 is 4.79 Å². The maximum absolute atomic E-state index is 12.2. The lowest BCUT2D eigenvalue weighted by atomic mass is 10.1. The molecule has 5 nitrogen and oxygen atoms in total. The highest BCUT2D eigenvalue weighted by Gasteiger charge is 2.10.